The zero-order chi connectivity index (χ0) is 33.4. The Balaban J connectivity index is 1.04. The molecular weight excluding hydrogens is 630 g/mol. The third-order valence-electron chi connectivity index (χ3n) is 9.72. The Hall–Kier alpha value is -4.88. The lowest BCUT2D eigenvalue weighted by Gasteiger charge is -2.43. The highest BCUT2D eigenvalue weighted by atomic mass is 32.1. The minimum atomic E-state index is -1.13. The Morgan fingerprint density at radius 1 is 1.04 bits per heavy atom. The molecular formula is C35H37N7O5S. The minimum absolute atomic E-state index is 0.0346. The molecule has 12 nitrogen and oxygen atoms in total. The van der Waals surface area contributed by atoms with Crippen molar-refractivity contribution in [3.63, 3.8) is 0 Å². The molecule has 2 aliphatic heterocycles. The van der Waals surface area contributed by atoms with Crippen LogP contribution in [0.3, 0.4) is 0 Å². The van der Waals surface area contributed by atoms with Crippen LogP contribution in [0.1, 0.15) is 40.4 Å². The zero-order valence-corrected chi connectivity index (χ0v) is 27.7. The predicted octanol–water partition coefficient (Wildman–Crippen LogP) is 3.56. The van der Waals surface area contributed by atoms with E-state index in [9.17, 15) is 19.5 Å². The number of piperidine rings is 2. The summed E-state index contributed by atoms with van der Waals surface area (Å²) < 4.78 is 8.69. The van der Waals surface area contributed by atoms with Gasteiger partial charge in [-0.1, -0.05) is 30.3 Å². The highest BCUT2D eigenvalue weighted by Gasteiger charge is 2.42. The van der Waals surface area contributed by atoms with Crippen LogP contribution < -0.4 is 10.3 Å². The van der Waals surface area contributed by atoms with Crippen molar-refractivity contribution in [3.8, 4) is 16.3 Å². The molecule has 5 aromatic rings. The van der Waals surface area contributed by atoms with Gasteiger partial charge in [0.2, 0.25) is 5.91 Å². The second-order valence-electron chi connectivity index (χ2n) is 12.7. The van der Waals surface area contributed by atoms with Crippen molar-refractivity contribution in [2.24, 2.45) is 13.0 Å². The van der Waals surface area contributed by atoms with Crippen LogP contribution in [-0.2, 0) is 18.4 Å². The van der Waals surface area contributed by atoms with Gasteiger partial charge in [0.05, 0.1) is 42.6 Å². The fraction of sp³-hybridized carbons (Fsp3) is 0.371. The number of pyridine rings is 1. The summed E-state index contributed by atoms with van der Waals surface area (Å²) in [5.74, 6) is 0.0118. The second kappa shape index (κ2) is 13.0. The first kappa shape index (κ1) is 31.7. The number of ether oxygens (including phenoxy) is 1. The number of likely N-dealkylation sites (tertiary alicyclic amines) is 2. The molecule has 2 aliphatic rings. The molecule has 7 rings (SSSR count). The van der Waals surface area contributed by atoms with Crippen molar-refractivity contribution < 1.29 is 19.4 Å². The Morgan fingerprint density at radius 2 is 1.83 bits per heavy atom. The maximum atomic E-state index is 14.1. The molecule has 4 aromatic heterocycles. The van der Waals surface area contributed by atoms with Gasteiger partial charge in [-0.25, -0.2) is 9.97 Å². The maximum Gasteiger partial charge on any atom is 0.265 e. The second-order valence-corrected chi connectivity index (χ2v) is 13.7. The van der Waals surface area contributed by atoms with E-state index >= 15 is 0 Å². The molecule has 248 valence electrons. The van der Waals surface area contributed by atoms with E-state index in [1.165, 1.54) is 22.2 Å². The van der Waals surface area contributed by atoms with Crippen LogP contribution in [-0.4, -0.2) is 89.7 Å². The van der Waals surface area contributed by atoms with Crippen LogP contribution in [0.5, 0.6) is 5.75 Å². The first-order chi connectivity index (χ1) is 23.2. The topological polar surface area (TPSA) is 136 Å². The Morgan fingerprint density at radius 3 is 2.60 bits per heavy atom. The standard InChI is InChI=1S/C35H37N7O5S/c1-39-14-9-26-30(39)38-22-42(33(26)44)21-35(46)11-16-40(17-12-35)32(43)24-10-15-41(20-27(24)23-6-4-3-5-7-23)34(45)29-19-37-31(48-29)25-8-13-36-18-28(25)47-2/h3-9,13-14,18-19,22,24,27,46H,10-12,15-17,20-21H2,1-2H3/t24-,27+/m1/s1. The molecule has 2 atom stereocenters. The van der Waals surface area contributed by atoms with E-state index in [1.54, 1.807) is 42.5 Å². The van der Waals surface area contributed by atoms with E-state index in [-0.39, 0.29) is 35.8 Å². The SMILES string of the molecule is COc1cnccc1-c1ncc(C(=O)N2CC[C@@H](C(=O)N3CCC(O)(Cn4cnc5c(ccn5C)c4=O)CC3)[C@H](c3ccccc3)C2)s1. The molecule has 6 heterocycles. The molecule has 2 amide bonds. The predicted molar refractivity (Wildman–Crippen MR) is 181 cm³/mol. The van der Waals surface area contributed by atoms with Crippen molar-refractivity contribution >= 4 is 34.2 Å². The van der Waals surface area contributed by atoms with E-state index in [4.69, 9.17) is 4.74 Å². The minimum Gasteiger partial charge on any atom is -0.494 e. The van der Waals surface area contributed by atoms with Gasteiger partial charge >= 0.3 is 0 Å². The lowest BCUT2D eigenvalue weighted by molar-refractivity contribution is -0.142. The van der Waals surface area contributed by atoms with Gasteiger partial charge in [-0.15, -0.1) is 11.3 Å². The highest BCUT2D eigenvalue weighted by molar-refractivity contribution is 7.16. The van der Waals surface area contributed by atoms with E-state index < -0.39 is 5.60 Å². The summed E-state index contributed by atoms with van der Waals surface area (Å²) in [4.78, 5) is 58.2. The van der Waals surface area contributed by atoms with Gasteiger partial charge in [0.25, 0.3) is 11.5 Å². The Labute approximate surface area is 281 Å². The summed E-state index contributed by atoms with van der Waals surface area (Å²) in [7, 11) is 3.41. The molecule has 0 unspecified atom stereocenters. The molecule has 1 aromatic carbocycles. The third kappa shape index (κ3) is 5.99. The number of methoxy groups -OCH3 is 1. The quantitative estimate of drug-likeness (QED) is 0.279. The number of carbonyl (C=O) groups is 2. The first-order valence-corrected chi connectivity index (χ1v) is 16.9. The van der Waals surface area contributed by atoms with Gasteiger partial charge in [0, 0.05) is 57.5 Å². The normalized spacial score (nSPS) is 19.4. The number of rotatable bonds is 7. The van der Waals surface area contributed by atoms with Gasteiger partial charge in [0.1, 0.15) is 27.6 Å². The van der Waals surface area contributed by atoms with Crippen LogP contribution in [0.25, 0.3) is 21.6 Å². The summed E-state index contributed by atoms with van der Waals surface area (Å²) in [5, 5.41) is 12.7. The third-order valence-corrected chi connectivity index (χ3v) is 10.7. The molecule has 0 radical (unpaired) electrons. The zero-order valence-electron chi connectivity index (χ0n) is 26.9. The number of aryl methyl sites for hydroxylation is 1. The van der Waals surface area contributed by atoms with E-state index in [2.05, 4.69) is 15.0 Å². The highest BCUT2D eigenvalue weighted by Crippen LogP contribution is 2.37. The van der Waals surface area contributed by atoms with Crippen molar-refractivity contribution in [1.82, 2.24) is 33.9 Å². The number of aliphatic hydroxyl groups is 1. The summed E-state index contributed by atoms with van der Waals surface area (Å²) >= 11 is 1.31. The Kier molecular flexibility index (Phi) is 8.56. The van der Waals surface area contributed by atoms with Crippen LogP contribution in [0.2, 0.25) is 0 Å². The van der Waals surface area contributed by atoms with E-state index in [0.29, 0.717) is 72.1 Å². The maximum absolute atomic E-state index is 14.1. The number of hydrogen-bond donors (Lipinski definition) is 1. The number of nitrogens with zero attached hydrogens (tertiary/aromatic N) is 7. The number of carbonyl (C=O) groups excluding carboxylic acids is 2. The van der Waals surface area contributed by atoms with Gasteiger partial charge in [0.15, 0.2) is 0 Å². The van der Waals surface area contributed by atoms with Crippen LogP contribution in [0, 0.1) is 5.92 Å². The summed E-state index contributed by atoms with van der Waals surface area (Å²) in [5.41, 5.74) is 1.07. The number of amides is 2. The van der Waals surface area contributed by atoms with Gasteiger partial charge in [-0.3, -0.25) is 23.9 Å². The molecule has 2 fully saturated rings. The van der Waals surface area contributed by atoms with Gasteiger partial charge < -0.3 is 24.2 Å². The smallest absolute Gasteiger partial charge is 0.265 e. The average molecular weight is 668 g/mol. The molecule has 0 saturated carbocycles. The molecule has 0 aliphatic carbocycles. The van der Waals surface area contributed by atoms with Crippen LogP contribution in [0.4, 0.5) is 0 Å². The van der Waals surface area contributed by atoms with Gasteiger partial charge in [-0.05, 0) is 37.0 Å². The van der Waals surface area contributed by atoms with Crippen LogP contribution >= 0.6 is 11.3 Å². The average Bonchev–Trinajstić information content (AvgIpc) is 3.77. The molecule has 0 spiro atoms. The molecule has 2 saturated heterocycles. The molecule has 1 N–H and O–H groups in total. The van der Waals surface area contributed by atoms with E-state index in [0.717, 1.165) is 11.1 Å². The monoisotopic (exact) mass is 667 g/mol. The fourth-order valence-corrected chi connectivity index (χ4v) is 7.90. The molecule has 0 bridgehead atoms. The van der Waals surface area contributed by atoms with Gasteiger partial charge in [-0.2, -0.15) is 0 Å². The lowest BCUT2D eigenvalue weighted by atomic mass is 9.79. The van der Waals surface area contributed by atoms with Crippen molar-refractivity contribution in [2.75, 3.05) is 33.3 Å². The van der Waals surface area contributed by atoms with Crippen molar-refractivity contribution in [1.29, 1.82) is 0 Å². The van der Waals surface area contributed by atoms with Crippen molar-refractivity contribution in [2.45, 2.75) is 37.3 Å². The fourth-order valence-electron chi connectivity index (χ4n) is 6.99. The summed E-state index contributed by atoms with van der Waals surface area (Å²) in [6.07, 6.45) is 9.39. The largest absolute Gasteiger partial charge is 0.494 e. The summed E-state index contributed by atoms with van der Waals surface area (Å²) in [6.45, 7) is 1.73. The molecule has 13 heteroatoms. The summed E-state index contributed by atoms with van der Waals surface area (Å²) in [6, 6.07) is 13.5. The number of hydrogen-bond acceptors (Lipinski definition) is 9. The number of fused-ring (bicyclic) bond motifs is 1. The van der Waals surface area contributed by atoms with Crippen molar-refractivity contribution in [3.05, 3.63) is 94.4 Å². The molecule has 48 heavy (non-hydrogen) atoms. The number of benzene rings is 1. The lowest BCUT2D eigenvalue weighted by Crippen LogP contribution is -2.53. The number of aromatic nitrogens is 5. The Bertz CT molecular complexity index is 2010. The van der Waals surface area contributed by atoms with E-state index in [1.807, 2.05) is 53.2 Å². The number of thiazole rings is 1. The van der Waals surface area contributed by atoms with Crippen LogP contribution in [0.15, 0.2) is 78.4 Å². The first-order valence-electron chi connectivity index (χ1n) is 16.0.